The first kappa shape index (κ1) is 11.2. The van der Waals surface area contributed by atoms with Gasteiger partial charge >= 0.3 is 0 Å². The number of hydrogen-bond acceptors (Lipinski definition) is 1. The number of aromatic nitrogens is 1. The van der Waals surface area contributed by atoms with Gasteiger partial charge in [-0.1, -0.05) is 39.0 Å². The van der Waals surface area contributed by atoms with Gasteiger partial charge in [0.2, 0.25) is 0 Å². The zero-order valence-electron chi connectivity index (χ0n) is 9.21. The van der Waals surface area contributed by atoms with Crippen LogP contribution in [0.15, 0.2) is 18.3 Å². The number of nitrogens with two attached hydrogens (primary N) is 1. The Bertz CT molecular complexity index is 240. The summed E-state index contributed by atoms with van der Waals surface area (Å²) in [5.41, 5.74) is 5.77. The summed E-state index contributed by atoms with van der Waals surface area (Å²) < 4.78 is 2.12. The van der Waals surface area contributed by atoms with Crippen LogP contribution in [-0.2, 0) is 6.54 Å². The molecular formula is C12H22N2. The van der Waals surface area contributed by atoms with Crippen LogP contribution < -0.4 is 5.73 Å². The van der Waals surface area contributed by atoms with Crippen LogP contribution in [-0.4, -0.2) is 4.57 Å². The minimum absolute atomic E-state index is 0.888. The topological polar surface area (TPSA) is 30.9 Å². The molecule has 2 heteroatoms. The van der Waals surface area contributed by atoms with Gasteiger partial charge in [0.1, 0.15) is 5.82 Å². The number of rotatable bonds is 7. The molecule has 14 heavy (non-hydrogen) atoms. The van der Waals surface area contributed by atoms with E-state index >= 15 is 0 Å². The van der Waals surface area contributed by atoms with E-state index in [1.807, 2.05) is 12.1 Å². The van der Waals surface area contributed by atoms with Crippen molar-refractivity contribution in [2.45, 2.75) is 52.0 Å². The minimum Gasteiger partial charge on any atom is -0.385 e. The van der Waals surface area contributed by atoms with Crippen LogP contribution in [0.3, 0.4) is 0 Å². The van der Waals surface area contributed by atoms with Gasteiger partial charge in [-0.3, -0.25) is 0 Å². The quantitative estimate of drug-likeness (QED) is 0.662. The lowest BCUT2D eigenvalue weighted by Crippen LogP contribution is -2.01. The van der Waals surface area contributed by atoms with E-state index in [4.69, 9.17) is 5.73 Å². The van der Waals surface area contributed by atoms with Crippen molar-refractivity contribution in [3.05, 3.63) is 18.3 Å². The first-order valence-corrected chi connectivity index (χ1v) is 5.75. The average Bonchev–Trinajstić information content (AvgIpc) is 2.58. The van der Waals surface area contributed by atoms with Crippen LogP contribution in [0.4, 0.5) is 5.82 Å². The maximum absolute atomic E-state index is 5.77. The van der Waals surface area contributed by atoms with Crippen LogP contribution in [0, 0.1) is 0 Å². The van der Waals surface area contributed by atoms with E-state index in [0.29, 0.717) is 0 Å². The van der Waals surface area contributed by atoms with Crippen molar-refractivity contribution in [3.8, 4) is 0 Å². The van der Waals surface area contributed by atoms with E-state index < -0.39 is 0 Å². The van der Waals surface area contributed by atoms with Crippen molar-refractivity contribution < 1.29 is 0 Å². The second-order valence-corrected chi connectivity index (χ2v) is 3.89. The highest BCUT2D eigenvalue weighted by atomic mass is 15.0. The maximum atomic E-state index is 5.77. The van der Waals surface area contributed by atoms with E-state index in [9.17, 15) is 0 Å². The SMILES string of the molecule is CCCCCCCCn1cccc1N. The maximum Gasteiger partial charge on any atom is 0.103 e. The third kappa shape index (κ3) is 3.86. The molecule has 0 fully saturated rings. The Hall–Kier alpha value is -0.920. The van der Waals surface area contributed by atoms with E-state index in [2.05, 4.69) is 17.7 Å². The van der Waals surface area contributed by atoms with E-state index in [1.165, 1.54) is 38.5 Å². The molecule has 1 aromatic rings. The molecule has 0 amide bonds. The number of nitrogen functional groups attached to an aromatic ring is 1. The number of aryl methyl sites for hydroxylation is 1. The van der Waals surface area contributed by atoms with Crippen LogP contribution >= 0.6 is 0 Å². The van der Waals surface area contributed by atoms with Crippen molar-refractivity contribution in [1.29, 1.82) is 0 Å². The van der Waals surface area contributed by atoms with Gasteiger partial charge in [0.25, 0.3) is 0 Å². The van der Waals surface area contributed by atoms with Gasteiger partial charge in [0, 0.05) is 12.7 Å². The molecule has 0 bridgehead atoms. The monoisotopic (exact) mass is 194 g/mol. The molecule has 0 atom stereocenters. The predicted octanol–water partition coefficient (Wildman–Crippen LogP) is 3.43. The Labute approximate surface area is 87.1 Å². The van der Waals surface area contributed by atoms with Crippen molar-refractivity contribution in [3.63, 3.8) is 0 Å². The second-order valence-electron chi connectivity index (χ2n) is 3.89. The Morgan fingerprint density at radius 2 is 1.86 bits per heavy atom. The number of hydrogen-bond donors (Lipinski definition) is 1. The second kappa shape index (κ2) is 6.52. The standard InChI is InChI=1S/C12H22N2/c1-2-3-4-5-6-7-10-14-11-8-9-12(14)13/h8-9,11H,2-7,10,13H2,1H3. The van der Waals surface area contributed by atoms with Gasteiger partial charge in [-0.25, -0.2) is 0 Å². The largest absolute Gasteiger partial charge is 0.385 e. The van der Waals surface area contributed by atoms with Gasteiger partial charge < -0.3 is 10.3 Å². The van der Waals surface area contributed by atoms with Crippen molar-refractivity contribution in [2.75, 3.05) is 5.73 Å². The van der Waals surface area contributed by atoms with E-state index in [-0.39, 0.29) is 0 Å². The van der Waals surface area contributed by atoms with Gasteiger partial charge in [-0.15, -0.1) is 0 Å². The van der Waals surface area contributed by atoms with Gasteiger partial charge in [0.05, 0.1) is 0 Å². The molecule has 0 radical (unpaired) electrons. The molecule has 0 aliphatic heterocycles. The molecule has 0 aliphatic carbocycles. The molecule has 0 aliphatic rings. The Kier molecular flexibility index (Phi) is 5.20. The van der Waals surface area contributed by atoms with E-state index in [1.54, 1.807) is 0 Å². The zero-order valence-corrected chi connectivity index (χ0v) is 9.21. The summed E-state index contributed by atoms with van der Waals surface area (Å²) >= 11 is 0. The molecule has 1 rings (SSSR count). The molecule has 0 saturated heterocycles. The molecule has 2 N–H and O–H groups in total. The van der Waals surface area contributed by atoms with Crippen molar-refractivity contribution >= 4 is 5.82 Å². The highest BCUT2D eigenvalue weighted by Crippen LogP contribution is 2.09. The van der Waals surface area contributed by atoms with Gasteiger partial charge in [0.15, 0.2) is 0 Å². The summed E-state index contributed by atoms with van der Waals surface area (Å²) in [5, 5.41) is 0. The zero-order chi connectivity index (χ0) is 10.2. The lowest BCUT2D eigenvalue weighted by atomic mass is 10.1. The van der Waals surface area contributed by atoms with Crippen LogP contribution in [0.2, 0.25) is 0 Å². The fourth-order valence-electron chi connectivity index (χ4n) is 1.69. The first-order chi connectivity index (χ1) is 6.84. The fourth-order valence-corrected chi connectivity index (χ4v) is 1.69. The summed E-state index contributed by atoms with van der Waals surface area (Å²) in [4.78, 5) is 0. The normalized spacial score (nSPS) is 10.6. The number of anilines is 1. The first-order valence-electron chi connectivity index (χ1n) is 5.75. The molecule has 80 valence electrons. The molecule has 1 aromatic heterocycles. The highest BCUT2D eigenvalue weighted by molar-refractivity contribution is 5.29. The predicted molar refractivity (Wildman–Crippen MR) is 62.2 cm³/mol. The summed E-state index contributed by atoms with van der Waals surface area (Å²) in [7, 11) is 0. The molecule has 0 spiro atoms. The summed E-state index contributed by atoms with van der Waals surface area (Å²) in [6, 6.07) is 3.96. The van der Waals surface area contributed by atoms with Gasteiger partial charge in [-0.2, -0.15) is 0 Å². The summed E-state index contributed by atoms with van der Waals surface area (Å²) in [6.07, 6.45) is 10.1. The summed E-state index contributed by atoms with van der Waals surface area (Å²) in [5.74, 6) is 0.888. The van der Waals surface area contributed by atoms with Crippen molar-refractivity contribution in [1.82, 2.24) is 4.57 Å². The Morgan fingerprint density at radius 1 is 1.14 bits per heavy atom. The van der Waals surface area contributed by atoms with Crippen LogP contribution in [0.5, 0.6) is 0 Å². The van der Waals surface area contributed by atoms with Gasteiger partial charge in [-0.05, 0) is 18.6 Å². The summed E-state index contributed by atoms with van der Waals surface area (Å²) in [6.45, 7) is 3.32. The minimum atomic E-state index is 0.888. The van der Waals surface area contributed by atoms with E-state index in [0.717, 1.165) is 12.4 Å². The molecular weight excluding hydrogens is 172 g/mol. The lowest BCUT2D eigenvalue weighted by Gasteiger charge is -2.05. The Morgan fingerprint density at radius 3 is 2.50 bits per heavy atom. The number of unbranched alkanes of at least 4 members (excludes halogenated alkanes) is 5. The molecule has 0 unspecified atom stereocenters. The third-order valence-electron chi connectivity index (χ3n) is 2.62. The third-order valence-corrected chi connectivity index (χ3v) is 2.62. The average molecular weight is 194 g/mol. The molecule has 2 nitrogen and oxygen atoms in total. The lowest BCUT2D eigenvalue weighted by molar-refractivity contribution is 0.562. The Balaban J connectivity index is 2.02. The molecule has 1 heterocycles. The smallest absolute Gasteiger partial charge is 0.103 e. The molecule has 0 saturated carbocycles. The van der Waals surface area contributed by atoms with Crippen LogP contribution in [0.25, 0.3) is 0 Å². The van der Waals surface area contributed by atoms with Crippen LogP contribution in [0.1, 0.15) is 45.4 Å². The molecule has 0 aromatic carbocycles. The number of nitrogens with zero attached hydrogens (tertiary/aromatic N) is 1. The van der Waals surface area contributed by atoms with Crippen molar-refractivity contribution in [2.24, 2.45) is 0 Å². The highest BCUT2D eigenvalue weighted by Gasteiger charge is 1.95. The fraction of sp³-hybridized carbons (Fsp3) is 0.667.